The highest BCUT2D eigenvalue weighted by Crippen LogP contribution is 2.26. The number of carbonyl (C=O) groups excluding carboxylic acids is 2. The molecule has 2 amide bonds. The summed E-state index contributed by atoms with van der Waals surface area (Å²) in [6, 6.07) is 31.0. The van der Waals surface area contributed by atoms with E-state index in [2.05, 4.69) is 26.2 Å². The number of hydrogen-bond acceptors (Lipinski definition) is 8. The number of anilines is 1. The number of benzene rings is 4. The van der Waals surface area contributed by atoms with E-state index in [1.54, 1.807) is 59.3 Å². The third-order valence-electron chi connectivity index (χ3n) is 5.96. The Morgan fingerprint density at radius 3 is 2.38 bits per heavy atom. The summed E-state index contributed by atoms with van der Waals surface area (Å²) >= 11 is 1.48. The summed E-state index contributed by atoms with van der Waals surface area (Å²) in [5.74, 6) is -0.0579. The topological polar surface area (TPSA) is 145 Å². The number of nitrogens with zero attached hydrogens (tertiary/aromatic N) is 5. The second kappa shape index (κ2) is 13.2. The standard InChI is InChI=1S/C30H23N7O4S/c38-29(21-10-3-1-4-11-21)32-26(18-22-12-7-8-17-27(22)37(40)41)30(39)31-23-13-9-16-25(19-23)42-20-28-33-34-35-36(28)24-14-5-2-6-15-24/h1-19H,20H2,(H,31,39)(H,32,38)/b26-18+. The number of carbonyl (C=O) groups is 2. The van der Waals surface area contributed by atoms with Gasteiger partial charge in [-0.1, -0.05) is 54.6 Å². The summed E-state index contributed by atoms with van der Waals surface area (Å²) in [6.07, 6.45) is 1.29. The number of nitro benzene ring substituents is 1. The molecule has 42 heavy (non-hydrogen) atoms. The molecule has 12 heteroatoms. The molecule has 0 aliphatic rings. The van der Waals surface area contributed by atoms with Gasteiger partial charge < -0.3 is 10.6 Å². The highest BCUT2D eigenvalue weighted by atomic mass is 32.2. The number of tetrazole rings is 1. The highest BCUT2D eigenvalue weighted by Gasteiger charge is 2.18. The van der Waals surface area contributed by atoms with E-state index in [0.29, 0.717) is 22.8 Å². The summed E-state index contributed by atoms with van der Waals surface area (Å²) in [5, 5.41) is 29.0. The fourth-order valence-corrected chi connectivity index (χ4v) is 4.81. The van der Waals surface area contributed by atoms with E-state index in [1.165, 1.54) is 36.0 Å². The summed E-state index contributed by atoms with van der Waals surface area (Å²) in [5.41, 5.74) is 1.45. The van der Waals surface area contributed by atoms with E-state index in [9.17, 15) is 19.7 Å². The number of rotatable bonds is 10. The Hall–Kier alpha value is -5.62. The lowest BCUT2D eigenvalue weighted by Crippen LogP contribution is -2.30. The van der Waals surface area contributed by atoms with Crippen molar-refractivity contribution in [1.29, 1.82) is 0 Å². The van der Waals surface area contributed by atoms with E-state index >= 15 is 0 Å². The molecule has 0 bridgehead atoms. The molecule has 0 saturated carbocycles. The van der Waals surface area contributed by atoms with Gasteiger partial charge in [0, 0.05) is 22.2 Å². The second-order valence-electron chi connectivity index (χ2n) is 8.81. The lowest BCUT2D eigenvalue weighted by Gasteiger charge is -2.12. The van der Waals surface area contributed by atoms with Crippen LogP contribution in [0.15, 0.2) is 120 Å². The molecule has 2 N–H and O–H groups in total. The smallest absolute Gasteiger partial charge is 0.276 e. The van der Waals surface area contributed by atoms with Gasteiger partial charge in [0.25, 0.3) is 17.5 Å². The van der Waals surface area contributed by atoms with Crippen LogP contribution >= 0.6 is 11.8 Å². The quantitative estimate of drug-likeness (QED) is 0.0988. The van der Waals surface area contributed by atoms with Gasteiger partial charge in [-0.25, -0.2) is 0 Å². The zero-order valence-corrected chi connectivity index (χ0v) is 22.8. The first-order valence-corrected chi connectivity index (χ1v) is 13.6. The van der Waals surface area contributed by atoms with E-state index in [-0.39, 0.29) is 16.9 Å². The van der Waals surface area contributed by atoms with Crippen molar-refractivity contribution in [2.75, 3.05) is 5.32 Å². The Kier molecular flexibility index (Phi) is 8.75. The molecule has 208 valence electrons. The predicted octanol–water partition coefficient (Wildman–Crippen LogP) is 5.27. The molecule has 0 fully saturated rings. The first-order chi connectivity index (χ1) is 20.5. The van der Waals surface area contributed by atoms with Crippen LogP contribution in [0.1, 0.15) is 21.7 Å². The molecule has 0 aliphatic heterocycles. The Morgan fingerprint density at radius 1 is 0.905 bits per heavy atom. The summed E-state index contributed by atoms with van der Waals surface area (Å²) < 4.78 is 1.66. The number of thioether (sulfide) groups is 1. The van der Waals surface area contributed by atoms with Gasteiger partial charge in [-0.15, -0.1) is 16.9 Å². The molecule has 5 rings (SSSR count). The van der Waals surface area contributed by atoms with E-state index in [4.69, 9.17) is 0 Å². The Bertz CT molecular complexity index is 1760. The number of nitrogens with one attached hydrogen (secondary N) is 2. The van der Waals surface area contributed by atoms with E-state index < -0.39 is 16.7 Å². The number of hydrogen-bond donors (Lipinski definition) is 2. The van der Waals surface area contributed by atoms with Crippen LogP contribution in [-0.4, -0.2) is 36.9 Å². The van der Waals surface area contributed by atoms with Crippen LogP contribution in [-0.2, 0) is 10.5 Å². The van der Waals surface area contributed by atoms with Crippen LogP contribution in [0, 0.1) is 10.1 Å². The van der Waals surface area contributed by atoms with Gasteiger partial charge >= 0.3 is 0 Å². The molecule has 0 unspecified atom stereocenters. The number of para-hydroxylation sites is 2. The van der Waals surface area contributed by atoms with Crippen molar-refractivity contribution in [3.63, 3.8) is 0 Å². The average molecular weight is 578 g/mol. The average Bonchev–Trinajstić information content (AvgIpc) is 3.50. The van der Waals surface area contributed by atoms with Crippen LogP contribution in [0.3, 0.4) is 0 Å². The van der Waals surface area contributed by atoms with Gasteiger partial charge in [-0.05, 0) is 65.0 Å². The lowest BCUT2D eigenvalue weighted by atomic mass is 10.1. The summed E-state index contributed by atoms with van der Waals surface area (Å²) in [6.45, 7) is 0. The minimum Gasteiger partial charge on any atom is -0.321 e. The Balaban J connectivity index is 1.35. The van der Waals surface area contributed by atoms with Crippen molar-refractivity contribution in [2.24, 2.45) is 0 Å². The Morgan fingerprint density at radius 2 is 1.62 bits per heavy atom. The van der Waals surface area contributed by atoms with Crippen molar-refractivity contribution >= 4 is 41.0 Å². The summed E-state index contributed by atoms with van der Waals surface area (Å²) in [7, 11) is 0. The molecular formula is C30H23N7O4S. The maximum absolute atomic E-state index is 13.4. The largest absolute Gasteiger partial charge is 0.321 e. The van der Waals surface area contributed by atoms with E-state index in [1.807, 2.05) is 36.4 Å². The van der Waals surface area contributed by atoms with Gasteiger partial charge in [0.15, 0.2) is 5.82 Å². The first-order valence-electron chi connectivity index (χ1n) is 12.7. The molecule has 4 aromatic carbocycles. The minimum atomic E-state index is -0.646. The molecular weight excluding hydrogens is 554 g/mol. The van der Waals surface area contributed by atoms with Crippen LogP contribution in [0.25, 0.3) is 11.8 Å². The van der Waals surface area contributed by atoms with Gasteiger partial charge in [-0.3, -0.25) is 19.7 Å². The van der Waals surface area contributed by atoms with Crippen molar-refractivity contribution in [2.45, 2.75) is 10.6 Å². The minimum absolute atomic E-state index is 0.154. The zero-order chi connectivity index (χ0) is 29.3. The molecule has 0 radical (unpaired) electrons. The van der Waals surface area contributed by atoms with Gasteiger partial charge in [0.05, 0.1) is 21.9 Å². The third kappa shape index (κ3) is 6.92. The van der Waals surface area contributed by atoms with Crippen molar-refractivity contribution in [3.8, 4) is 5.69 Å². The zero-order valence-electron chi connectivity index (χ0n) is 22.0. The first kappa shape index (κ1) is 27.9. The maximum Gasteiger partial charge on any atom is 0.276 e. The number of amides is 2. The van der Waals surface area contributed by atoms with Crippen molar-refractivity contribution in [3.05, 3.63) is 142 Å². The van der Waals surface area contributed by atoms with Gasteiger partial charge in [0.1, 0.15) is 5.70 Å². The van der Waals surface area contributed by atoms with E-state index in [0.717, 1.165) is 10.6 Å². The Labute approximate surface area is 244 Å². The van der Waals surface area contributed by atoms with Crippen molar-refractivity contribution in [1.82, 2.24) is 25.5 Å². The predicted molar refractivity (Wildman–Crippen MR) is 159 cm³/mol. The molecule has 0 saturated heterocycles. The lowest BCUT2D eigenvalue weighted by molar-refractivity contribution is -0.385. The van der Waals surface area contributed by atoms with Crippen LogP contribution in [0.5, 0.6) is 0 Å². The maximum atomic E-state index is 13.4. The highest BCUT2D eigenvalue weighted by molar-refractivity contribution is 7.98. The molecule has 1 heterocycles. The molecule has 11 nitrogen and oxygen atoms in total. The molecule has 1 aromatic heterocycles. The van der Waals surface area contributed by atoms with Crippen LogP contribution in [0.2, 0.25) is 0 Å². The van der Waals surface area contributed by atoms with Gasteiger partial charge in [-0.2, -0.15) is 4.68 Å². The summed E-state index contributed by atoms with van der Waals surface area (Å²) in [4.78, 5) is 38.2. The second-order valence-corrected chi connectivity index (χ2v) is 9.86. The third-order valence-corrected chi connectivity index (χ3v) is 6.95. The van der Waals surface area contributed by atoms with Gasteiger partial charge in [0.2, 0.25) is 0 Å². The fraction of sp³-hybridized carbons (Fsp3) is 0.0333. The van der Waals surface area contributed by atoms with Crippen molar-refractivity contribution < 1.29 is 14.5 Å². The fourth-order valence-electron chi connectivity index (χ4n) is 3.95. The molecule has 5 aromatic rings. The molecule has 0 spiro atoms. The molecule has 0 aliphatic carbocycles. The SMILES string of the molecule is O=C(Nc1cccc(SCc2nnnn2-c2ccccc2)c1)/C(=C\c1ccccc1[N+](=O)[O-])NC(=O)c1ccccc1. The normalized spacial score (nSPS) is 11.1. The molecule has 0 atom stereocenters. The number of aromatic nitrogens is 4. The van der Waals surface area contributed by atoms with Crippen LogP contribution < -0.4 is 10.6 Å². The van der Waals surface area contributed by atoms with Crippen LogP contribution in [0.4, 0.5) is 11.4 Å². The number of nitro groups is 1. The monoisotopic (exact) mass is 577 g/mol.